The van der Waals surface area contributed by atoms with Gasteiger partial charge in [0.05, 0.1) is 15.4 Å². The molecule has 0 fully saturated rings. The van der Waals surface area contributed by atoms with E-state index in [1.807, 2.05) is 0 Å². The summed E-state index contributed by atoms with van der Waals surface area (Å²) in [5.41, 5.74) is -5.15. The van der Waals surface area contributed by atoms with Gasteiger partial charge in [0, 0.05) is 36.7 Å². The van der Waals surface area contributed by atoms with E-state index in [4.69, 9.17) is 28.3 Å². The summed E-state index contributed by atoms with van der Waals surface area (Å²) in [5, 5.41) is 33.3. The van der Waals surface area contributed by atoms with E-state index in [0.29, 0.717) is 29.7 Å². The number of carboxylic acid groups (broad SMARTS) is 1. The van der Waals surface area contributed by atoms with E-state index in [0.717, 1.165) is 19.1 Å². The molecule has 0 amide bonds. The highest BCUT2D eigenvalue weighted by Gasteiger charge is 2.39. The third-order valence-electron chi connectivity index (χ3n) is 6.28. The molecule has 1 aromatic heterocycles. The predicted molar refractivity (Wildman–Crippen MR) is 157 cm³/mol. The van der Waals surface area contributed by atoms with E-state index in [9.17, 15) is 56.2 Å². The van der Waals surface area contributed by atoms with Crippen LogP contribution in [0, 0.1) is 33.0 Å². The van der Waals surface area contributed by atoms with Crippen molar-refractivity contribution < 1.29 is 46.1 Å². The van der Waals surface area contributed by atoms with Gasteiger partial charge in [-0.1, -0.05) is 25.4 Å². The first-order valence-corrected chi connectivity index (χ1v) is 14.2. The minimum absolute atomic E-state index is 0.0926. The molecule has 1 unspecified atom stereocenters. The van der Waals surface area contributed by atoms with Gasteiger partial charge < -0.3 is 10.0 Å². The summed E-state index contributed by atoms with van der Waals surface area (Å²) in [6, 6.07) is 2.59. The summed E-state index contributed by atoms with van der Waals surface area (Å²) >= 11 is 11.5. The predicted octanol–water partition coefficient (Wildman–Crippen LogP) is 6.91. The number of nitro groups is 2. The van der Waals surface area contributed by atoms with Crippen LogP contribution in [0.25, 0.3) is 5.69 Å². The van der Waals surface area contributed by atoms with Gasteiger partial charge in [0.15, 0.2) is 11.5 Å². The molecular formula is C26H26Cl2F6N6O7. The minimum Gasteiger partial charge on any atom is -0.480 e. The lowest BCUT2D eigenvalue weighted by molar-refractivity contribution is -0.393. The maximum Gasteiger partial charge on any atom is 0.416 e. The molecule has 2 aromatic carbocycles. The number of aryl methyl sites for hydroxylation is 1. The average Bonchev–Trinajstić information content (AvgIpc) is 3.26. The molecule has 13 nitrogen and oxygen atoms in total. The second-order valence-electron chi connectivity index (χ2n) is 9.66. The molecule has 1 heterocycles. The lowest BCUT2D eigenvalue weighted by atomic mass is 10.1. The number of carbonyl (C=O) groups is 1. The number of aromatic nitrogens is 3. The van der Waals surface area contributed by atoms with Crippen LogP contribution in [0.4, 0.5) is 43.4 Å². The topological polar surface area (TPSA) is 167 Å². The second-order valence-corrected chi connectivity index (χ2v) is 10.6. The van der Waals surface area contributed by atoms with Gasteiger partial charge >= 0.3 is 24.4 Å². The highest BCUT2D eigenvalue weighted by atomic mass is 35.5. The van der Waals surface area contributed by atoms with Crippen molar-refractivity contribution in [2.45, 2.75) is 58.1 Å². The van der Waals surface area contributed by atoms with Crippen molar-refractivity contribution in [2.24, 2.45) is 0 Å². The fourth-order valence-corrected chi connectivity index (χ4v) is 4.68. The Morgan fingerprint density at radius 2 is 1.57 bits per heavy atom. The summed E-state index contributed by atoms with van der Waals surface area (Å²) in [5.74, 6) is -2.61. The van der Waals surface area contributed by atoms with Crippen molar-refractivity contribution in [3.05, 3.63) is 82.8 Å². The Labute approximate surface area is 271 Å². The molecule has 0 bridgehead atoms. The van der Waals surface area contributed by atoms with Crippen LogP contribution in [0.2, 0.25) is 5.02 Å². The second kappa shape index (κ2) is 15.9. The first-order chi connectivity index (χ1) is 21.8. The summed E-state index contributed by atoms with van der Waals surface area (Å²) < 4.78 is 78.9. The molecule has 0 saturated heterocycles. The third kappa shape index (κ3) is 9.34. The van der Waals surface area contributed by atoms with Crippen LogP contribution in [0.5, 0.6) is 0 Å². The number of halogens is 8. The van der Waals surface area contributed by atoms with E-state index in [1.165, 1.54) is 4.90 Å². The van der Waals surface area contributed by atoms with Gasteiger partial charge in [-0.25, -0.2) is 13.8 Å². The van der Waals surface area contributed by atoms with Gasteiger partial charge in [0.2, 0.25) is 0 Å². The largest absolute Gasteiger partial charge is 0.480 e. The number of alkyl halides is 6. The highest BCUT2D eigenvalue weighted by Crippen LogP contribution is 2.43. The normalized spacial score (nSPS) is 12.0. The van der Waals surface area contributed by atoms with E-state index in [-0.39, 0.29) is 46.2 Å². The van der Waals surface area contributed by atoms with E-state index in [1.54, 1.807) is 13.8 Å². The lowest BCUT2D eigenvalue weighted by Gasteiger charge is -2.23. The number of nitro benzene ring substituents is 2. The Hall–Kier alpha value is -4.39. The standard InChI is InChI=1S/C13H10Cl2F3N3O3.C13H16F3N3O4/c1-5-19-21(13(24)20(5)12(17)18)10-3-6(2-8(15)11(22)23)7(14)4-9(10)16;1-3-5-17(6-4-2)12-10(18(20)21)7-9(13(14,15)16)8-11(12)19(22)23/h3-4,8,12H,2H2,1H3,(H,22,23);7-8H,3-6H2,1-2H3. The van der Waals surface area contributed by atoms with Gasteiger partial charge in [0.25, 0.3) is 11.4 Å². The zero-order valence-electron chi connectivity index (χ0n) is 24.6. The van der Waals surface area contributed by atoms with Gasteiger partial charge in [-0.15, -0.1) is 16.7 Å². The van der Waals surface area contributed by atoms with Crippen molar-refractivity contribution in [3.63, 3.8) is 0 Å². The van der Waals surface area contributed by atoms with Crippen LogP contribution in [-0.4, -0.2) is 53.7 Å². The van der Waals surface area contributed by atoms with Gasteiger partial charge in [-0.05, 0) is 37.5 Å². The van der Waals surface area contributed by atoms with Crippen LogP contribution in [0.15, 0.2) is 29.1 Å². The summed E-state index contributed by atoms with van der Waals surface area (Å²) in [6.07, 6.45) is -4.09. The zero-order chi connectivity index (χ0) is 36.0. The van der Waals surface area contributed by atoms with Gasteiger partial charge in [0.1, 0.15) is 16.9 Å². The molecule has 1 atom stereocenters. The molecule has 47 heavy (non-hydrogen) atoms. The number of carboxylic acids is 1. The Morgan fingerprint density at radius 1 is 1.06 bits per heavy atom. The zero-order valence-corrected chi connectivity index (χ0v) is 26.1. The first kappa shape index (κ1) is 38.8. The SMILES string of the molecule is CCCN(CCC)c1c([N+](=O)[O-])cc(C(F)(F)F)cc1[N+](=O)[O-].Cc1nn(-c2cc(CC(Cl)C(=O)O)c(Cl)cc2F)c(=O)n1C(F)F. The molecule has 3 aromatic rings. The smallest absolute Gasteiger partial charge is 0.416 e. The van der Waals surface area contributed by atoms with Crippen LogP contribution in [0.3, 0.4) is 0 Å². The molecule has 0 radical (unpaired) electrons. The van der Waals surface area contributed by atoms with Crippen molar-refractivity contribution in [3.8, 4) is 5.69 Å². The number of rotatable bonds is 12. The quantitative estimate of drug-likeness (QED) is 0.0906. The number of nitrogens with zero attached hydrogens (tertiary/aromatic N) is 6. The highest BCUT2D eigenvalue weighted by molar-refractivity contribution is 6.32. The molecule has 0 spiro atoms. The van der Waals surface area contributed by atoms with E-state index >= 15 is 0 Å². The Morgan fingerprint density at radius 3 is 1.96 bits per heavy atom. The molecule has 0 saturated carbocycles. The lowest BCUT2D eigenvalue weighted by Crippen LogP contribution is -2.27. The molecular weight excluding hydrogens is 693 g/mol. The molecule has 3 rings (SSSR count). The number of hydrogen-bond acceptors (Lipinski definition) is 8. The van der Waals surface area contributed by atoms with Crippen LogP contribution < -0.4 is 10.6 Å². The summed E-state index contributed by atoms with van der Waals surface area (Å²) in [6.45, 7) is 2.09. The Kier molecular flexibility index (Phi) is 13.2. The van der Waals surface area contributed by atoms with Crippen molar-refractivity contribution in [1.82, 2.24) is 14.3 Å². The number of aliphatic carboxylic acids is 1. The maximum atomic E-state index is 14.1. The van der Waals surface area contributed by atoms with Crippen LogP contribution in [-0.2, 0) is 17.4 Å². The van der Waals surface area contributed by atoms with Crippen molar-refractivity contribution >= 4 is 46.2 Å². The molecule has 0 aliphatic heterocycles. The summed E-state index contributed by atoms with van der Waals surface area (Å²) in [4.78, 5) is 44.5. The monoisotopic (exact) mass is 718 g/mol. The Bertz CT molecular complexity index is 1660. The fourth-order valence-electron chi connectivity index (χ4n) is 4.28. The summed E-state index contributed by atoms with van der Waals surface area (Å²) in [7, 11) is 0. The number of anilines is 1. The van der Waals surface area contributed by atoms with E-state index in [2.05, 4.69) is 5.10 Å². The molecule has 258 valence electrons. The molecule has 0 aliphatic rings. The Balaban J connectivity index is 0.000000327. The first-order valence-electron chi connectivity index (χ1n) is 13.4. The molecule has 21 heteroatoms. The molecule has 0 aliphatic carbocycles. The number of benzene rings is 2. The van der Waals surface area contributed by atoms with Crippen LogP contribution in [0.1, 0.15) is 50.2 Å². The third-order valence-corrected chi connectivity index (χ3v) is 6.97. The molecule has 1 N–H and O–H groups in total. The number of hydrogen-bond donors (Lipinski definition) is 1. The fraction of sp³-hybridized carbons (Fsp3) is 0.423. The van der Waals surface area contributed by atoms with E-state index < -0.39 is 68.1 Å². The average molecular weight is 719 g/mol. The maximum absolute atomic E-state index is 14.1. The van der Waals surface area contributed by atoms with Gasteiger partial charge in [-0.3, -0.25) is 25.0 Å². The van der Waals surface area contributed by atoms with Gasteiger partial charge in [-0.2, -0.15) is 26.6 Å². The minimum atomic E-state index is -4.91. The van der Waals surface area contributed by atoms with Crippen molar-refractivity contribution in [1.29, 1.82) is 0 Å². The van der Waals surface area contributed by atoms with Crippen molar-refractivity contribution in [2.75, 3.05) is 18.0 Å². The van der Waals surface area contributed by atoms with Crippen LogP contribution >= 0.6 is 23.2 Å².